The van der Waals surface area contributed by atoms with Crippen molar-refractivity contribution in [2.45, 2.75) is 32.4 Å². The molecule has 0 aromatic carbocycles. The van der Waals surface area contributed by atoms with Crippen molar-refractivity contribution in [2.75, 3.05) is 25.6 Å². The fourth-order valence-electron chi connectivity index (χ4n) is 1.03. The van der Waals surface area contributed by atoms with E-state index in [4.69, 9.17) is 4.42 Å². The van der Waals surface area contributed by atoms with Gasteiger partial charge in [0.25, 0.3) is 0 Å². The van der Waals surface area contributed by atoms with Gasteiger partial charge >= 0.3 is 6.01 Å². The van der Waals surface area contributed by atoms with Gasteiger partial charge in [-0.2, -0.15) is 0 Å². The van der Waals surface area contributed by atoms with E-state index in [-0.39, 0.29) is 12.6 Å². The molecular weight excluding hydrogens is 208 g/mol. The first-order valence-electron chi connectivity index (χ1n) is 5.27. The summed E-state index contributed by atoms with van der Waals surface area (Å²) < 4.78 is 5.52. The van der Waals surface area contributed by atoms with E-state index in [2.05, 4.69) is 15.5 Å². The number of likely N-dealkylation sites (N-methyl/N-ethyl adjacent to an activating group) is 1. The van der Waals surface area contributed by atoms with Crippen molar-refractivity contribution in [3.63, 3.8) is 0 Å². The van der Waals surface area contributed by atoms with Crippen LogP contribution in [0, 0.1) is 0 Å². The van der Waals surface area contributed by atoms with E-state index in [1.54, 1.807) is 4.90 Å². The normalized spacial score (nSPS) is 13.9. The maximum Gasteiger partial charge on any atom is 0.318 e. The predicted octanol–water partition coefficient (Wildman–Crippen LogP) is 0.557. The van der Waals surface area contributed by atoms with Gasteiger partial charge in [-0.3, -0.25) is 0 Å². The highest BCUT2D eigenvalue weighted by Gasteiger charge is 2.27. The van der Waals surface area contributed by atoms with Crippen LogP contribution in [0.5, 0.6) is 0 Å². The standard InChI is InChI=1S/C10H20N4O2/c1-7(11-4)8-12-13-9(16-8)14(5)10(2,3)6-15/h7,11,15H,6H2,1-5H3. The summed E-state index contributed by atoms with van der Waals surface area (Å²) in [6.07, 6.45) is 0. The Hall–Kier alpha value is -1.14. The van der Waals surface area contributed by atoms with Crippen LogP contribution in [0.3, 0.4) is 0 Å². The van der Waals surface area contributed by atoms with Crippen LogP contribution in [-0.2, 0) is 0 Å². The average Bonchev–Trinajstić information content (AvgIpc) is 2.76. The molecule has 6 heteroatoms. The van der Waals surface area contributed by atoms with E-state index in [0.717, 1.165) is 0 Å². The number of hydrogen-bond donors (Lipinski definition) is 2. The number of aliphatic hydroxyl groups is 1. The van der Waals surface area contributed by atoms with Gasteiger partial charge in [0.2, 0.25) is 5.89 Å². The van der Waals surface area contributed by atoms with Gasteiger partial charge in [-0.25, -0.2) is 0 Å². The number of aromatic nitrogens is 2. The fraction of sp³-hybridized carbons (Fsp3) is 0.800. The predicted molar refractivity (Wildman–Crippen MR) is 61.3 cm³/mol. The molecule has 0 spiro atoms. The van der Waals surface area contributed by atoms with E-state index in [9.17, 15) is 5.11 Å². The number of aliphatic hydroxyl groups excluding tert-OH is 1. The monoisotopic (exact) mass is 228 g/mol. The first kappa shape index (κ1) is 12.9. The number of hydrogen-bond acceptors (Lipinski definition) is 6. The van der Waals surface area contributed by atoms with Crippen LogP contribution in [-0.4, -0.2) is 41.5 Å². The fourth-order valence-corrected chi connectivity index (χ4v) is 1.03. The molecule has 1 heterocycles. The summed E-state index contributed by atoms with van der Waals surface area (Å²) >= 11 is 0. The Morgan fingerprint density at radius 2 is 2.12 bits per heavy atom. The van der Waals surface area contributed by atoms with Gasteiger partial charge in [-0.05, 0) is 27.8 Å². The molecule has 0 bridgehead atoms. The van der Waals surface area contributed by atoms with E-state index >= 15 is 0 Å². The third-order valence-corrected chi connectivity index (χ3v) is 2.82. The Morgan fingerprint density at radius 1 is 1.50 bits per heavy atom. The number of rotatable bonds is 5. The van der Waals surface area contributed by atoms with Crippen LogP contribution in [0.1, 0.15) is 32.7 Å². The largest absolute Gasteiger partial charge is 0.406 e. The second-order valence-electron chi connectivity index (χ2n) is 4.46. The molecule has 0 aliphatic rings. The number of nitrogens with one attached hydrogen (secondary N) is 1. The van der Waals surface area contributed by atoms with Crippen molar-refractivity contribution < 1.29 is 9.52 Å². The lowest BCUT2D eigenvalue weighted by atomic mass is 10.1. The van der Waals surface area contributed by atoms with Crippen LogP contribution in [0.25, 0.3) is 0 Å². The molecule has 1 aromatic heterocycles. The van der Waals surface area contributed by atoms with Crippen LogP contribution < -0.4 is 10.2 Å². The van der Waals surface area contributed by atoms with Crippen LogP contribution in [0.15, 0.2) is 4.42 Å². The van der Waals surface area contributed by atoms with Crippen LogP contribution in [0.2, 0.25) is 0 Å². The van der Waals surface area contributed by atoms with Crippen molar-refractivity contribution in [2.24, 2.45) is 0 Å². The summed E-state index contributed by atoms with van der Waals surface area (Å²) in [5, 5.41) is 20.2. The molecule has 0 saturated heterocycles. The molecular formula is C10H20N4O2. The first-order chi connectivity index (χ1) is 7.42. The summed E-state index contributed by atoms with van der Waals surface area (Å²) in [6, 6.07) is 0.433. The lowest BCUT2D eigenvalue weighted by Crippen LogP contribution is -2.44. The number of anilines is 1. The molecule has 0 aliphatic carbocycles. The van der Waals surface area contributed by atoms with Crippen molar-refractivity contribution >= 4 is 6.01 Å². The molecule has 0 amide bonds. The van der Waals surface area contributed by atoms with Gasteiger partial charge in [0, 0.05) is 7.05 Å². The first-order valence-corrected chi connectivity index (χ1v) is 5.27. The van der Waals surface area contributed by atoms with Crippen molar-refractivity contribution in [1.29, 1.82) is 0 Å². The zero-order valence-corrected chi connectivity index (χ0v) is 10.5. The highest BCUT2D eigenvalue weighted by atomic mass is 16.4. The maximum atomic E-state index is 9.24. The second kappa shape index (κ2) is 4.80. The molecule has 0 radical (unpaired) electrons. The van der Waals surface area contributed by atoms with Gasteiger partial charge in [-0.15, -0.1) is 5.10 Å². The van der Waals surface area contributed by atoms with Crippen LogP contribution >= 0.6 is 0 Å². The second-order valence-corrected chi connectivity index (χ2v) is 4.46. The summed E-state index contributed by atoms with van der Waals surface area (Å²) in [5.41, 5.74) is -0.424. The SMILES string of the molecule is CNC(C)c1nnc(N(C)C(C)(C)CO)o1. The van der Waals surface area contributed by atoms with Gasteiger partial charge < -0.3 is 19.7 Å². The maximum absolute atomic E-state index is 9.24. The number of nitrogens with zero attached hydrogens (tertiary/aromatic N) is 3. The molecule has 1 atom stereocenters. The summed E-state index contributed by atoms with van der Waals surface area (Å²) in [5.74, 6) is 0.540. The van der Waals surface area contributed by atoms with E-state index in [1.807, 2.05) is 34.9 Å². The lowest BCUT2D eigenvalue weighted by Gasteiger charge is -2.32. The third-order valence-electron chi connectivity index (χ3n) is 2.82. The summed E-state index contributed by atoms with van der Waals surface area (Å²) in [4.78, 5) is 1.77. The Bertz CT molecular complexity index is 337. The Balaban J connectivity index is 2.86. The quantitative estimate of drug-likeness (QED) is 0.767. The molecule has 1 rings (SSSR count). The molecule has 92 valence electrons. The molecule has 0 fully saturated rings. The van der Waals surface area contributed by atoms with Crippen molar-refractivity contribution in [3.05, 3.63) is 5.89 Å². The molecule has 6 nitrogen and oxygen atoms in total. The topological polar surface area (TPSA) is 74.4 Å². The molecule has 0 saturated carbocycles. The van der Waals surface area contributed by atoms with E-state index in [1.165, 1.54) is 0 Å². The van der Waals surface area contributed by atoms with Gasteiger partial charge in [-0.1, -0.05) is 5.10 Å². The molecule has 16 heavy (non-hydrogen) atoms. The highest BCUT2D eigenvalue weighted by Crippen LogP contribution is 2.22. The average molecular weight is 228 g/mol. The zero-order valence-electron chi connectivity index (χ0n) is 10.5. The zero-order chi connectivity index (χ0) is 12.3. The molecule has 0 aliphatic heterocycles. The Morgan fingerprint density at radius 3 is 2.62 bits per heavy atom. The molecule has 1 aromatic rings. The minimum absolute atomic E-state index is 0.0167. The van der Waals surface area contributed by atoms with Gasteiger partial charge in [0.15, 0.2) is 0 Å². The highest BCUT2D eigenvalue weighted by molar-refractivity contribution is 5.28. The minimum atomic E-state index is -0.424. The van der Waals surface area contributed by atoms with Crippen molar-refractivity contribution in [3.8, 4) is 0 Å². The summed E-state index contributed by atoms with van der Waals surface area (Å²) in [6.45, 7) is 5.76. The van der Waals surface area contributed by atoms with Gasteiger partial charge in [0.1, 0.15) is 0 Å². The third kappa shape index (κ3) is 2.51. The van der Waals surface area contributed by atoms with E-state index < -0.39 is 5.54 Å². The lowest BCUT2D eigenvalue weighted by molar-refractivity contribution is 0.211. The Kier molecular flexibility index (Phi) is 3.88. The van der Waals surface area contributed by atoms with Crippen LogP contribution in [0.4, 0.5) is 6.01 Å². The Labute approximate surface area is 95.7 Å². The molecule has 2 N–H and O–H groups in total. The summed E-state index contributed by atoms with van der Waals surface area (Å²) in [7, 11) is 3.65. The van der Waals surface area contributed by atoms with Crippen molar-refractivity contribution in [1.82, 2.24) is 15.5 Å². The molecule has 1 unspecified atom stereocenters. The smallest absolute Gasteiger partial charge is 0.318 e. The van der Waals surface area contributed by atoms with E-state index in [0.29, 0.717) is 11.9 Å². The van der Waals surface area contributed by atoms with Gasteiger partial charge in [0.05, 0.1) is 18.2 Å². The minimum Gasteiger partial charge on any atom is -0.406 e.